The van der Waals surface area contributed by atoms with Crippen molar-refractivity contribution in [3.8, 4) is 0 Å². The standard InChI is InChI=1S/C16H20N6O4S/c1-20(2)15-14(11-17-16(18-15)21-8-3-4-9-21)19-27(25,26)13-7-5-6-12(10-13)22(23)24/h5-7,10-11,19H,3-4,8-9H2,1-2H3. The van der Waals surface area contributed by atoms with Crippen molar-refractivity contribution >= 4 is 33.2 Å². The molecule has 0 atom stereocenters. The fourth-order valence-corrected chi connectivity index (χ4v) is 3.90. The number of rotatable bonds is 6. The Labute approximate surface area is 157 Å². The Balaban J connectivity index is 1.93. The molecule has 11 heteroatoms. The second-order valence-corrected chi connectivity index (χ2v) is 8.04. The van der Waals surface area contributed by atoms with Gasteiger partial charge in [0.05, 0.1) is 16.0 Å². The van der Waals surface area contributed by atoms with E-state index in [0.29, 0.717) is 11.8 Å². The lowest BCUT2D eigenvalue weighted by atomic mass is 10.3. The summed E-state index contributed by atoms with van der Waals surface area (Å²) in [6.45, 7) is 1.73. The molecule has 0 spiro atoms. The second-order valence-electron chi connectivity index (χ2n) is 6.36. The predicted molar refractivity (Wildman–Crippen MR) is 102 cm³/mol. The fraction of sp³-hybridized carbons (Fsp3) is 0.375. The van der Waals surface area contributed by atoms with Crippen LogP contribution in [-0.4, -0.2) is 50.5 Å². The number of nitrogens with one attached hydrogen (secondary N) is 1. The Bertz CT molecular complexity index is 957. The zero-order valence-corrected chi connectivity index (χ0v) is 15.8. The van der Waals surface area contributed by atoms with Crippen LogP contribution < -0.4 is 14.5 Å². The number of sulfonamides is 1. The molecule has 1 aliphatic heterocycles. The summed E-state index contributed by atoms with van der Waals surface area (Å²) in [6.07, 6.45) is 3.56. The van der Waals surface area contributed by atoms with Crippen LogP contribution in [0.15, 0.2) is 35.4 Å². The van der Waals surface area contributed by atoms with Crippen molar-refractivity contribution in [2.24, 2.45) is 0 Å². The first-order valence-electron chi connectivity index (χ1n) is 8.34. The highest BCUT2D eigenvalue weighted by atomic mass is 32.2. The SMILES string of the molecule is CN(C)c1nc(N2CCCC2)ncc1NS(=O)(=O)c1cccc([N+](=O)[O-])c1. The third-order valence-corrected chi connectivity index (χ3v) is 5.51. The Hall–Kier alpha value is -2.95. The molecule has 1 saturated heterocycles. The van der Waals surface area contributed by atoms with Crippen molar-refractivity contribution in [2.75, 3.05) is 41.7 Å². The van der Waals surface area contributed by atoms with Crippen LogP contribution in [0.2, 0.25) is 0 Å². The lowest BCUT2D eigenvalue weighted by Crippen LogP contribution is -2.24. The maximum Gasteiger partial charge on any atom is 0.270 e. The maximum absolute atomic E-state index is 12.7. The summed E-state index contributed by atoms with van der Waals surface area (Å²) in [6, 6.07) is 4.87. The molecule has 1 aliphatic rings. The summed E-state index contributed by atoms with van der Waals surface area (Å²) < 4.78 is 27.8. The number of aromatic nitrogens is 2. The molecule has 10 nitrogen and oxygen atoms in total. The Morgan fingerprint density at radius 2 is 1.96 bits per heavy atom. The zero-order valence-electron chi connectivity index (χ0n) is 15.0. The first kappa shape index (κ1) is 18.8. The van der Waals surface area contributed by atoms with Crippen molar-refractivity contribution in [3.63, 3.8) is 0 Å². The smallest absolute Gasteiger partial charge is 0.270 e. The minimum atomic E-state index is -4.03. The van der Waals surface area contributed by atoms with Crippen LogP contribution in [0.4, 0.5) is 23.1 Å². The third-order valence-electron chi connectivity index (χ3n) is 4.15. The summed E-state index contributed by atoms with van der Waals surface area (Å²) in [5.74, 6) is 0.968. The molecule has 1 fully saturated rings. The quantitative estimate of drug-likeness (QED) is 0.584. The van der Waals surface area contributed by atoms with Crippen molar-refractivity contribution in [3.05, 3.63) is 40.6 Å². The van der Waals surface area contributed by atoms with Gasteiger partial charge in [0, 0.05) is 39.3 Å². The number of non-ortho nitro benzene ring substituents is 1. The first-order chi connectivity index (χ1) is 12.8. The molecule has 3 rings (SSSR count). The van der Waals surface area contributed by atoms with Crippen LogP contribution in [0.5, 0.6) is 0 Å². The normalized spacial score (nSPS) is 14.2. The summed E-state index contributed by atoms with van der Waals surface area (Å²) in [4.78, 5) is 22.6. The van der Waals surface area contributed by atoms with E-state index < -0.39 is 14.9 Å². The van der Waals surface area contributed by atoms with Crippen LogP contribution in [0.25, 0.3) is 0 Å². The number of hydrogen-bond acceptors (Lipinski definition) is 8. The van der Waals surface area contributed by atoms with E-state index in [1.165, 1.54) is 24.4 Å². The van der Waals surface area contributed by atoms with Gasteiger partial charge in [-0.15, -0.1) is 0 Å². The highest BCUT2D eigenvalue weighted by molar-refractivity contribution is 7.92. The van der Waals surface area contributed by atoms with Gasteiger partial charge in [0.25, 0.3) is 15.7 Å². The topological polar surface area (TPSA) is 122 Å². The van der Waals surface area contributed by atoms with Gasteiger partial charge in [-0.25, -0.2) is 13.4 Å². The van der Waals surface area contributed by atoms with Gasteiger partial charge in [0.2, 0.25) is 5.95 Å². The highest BCUT2D eigenvalue weighted by Crippen LogP contribution is 2.28. The molecule has 144 valence electrons. The summed E-state index contributed by atoms with van der Waals surface area (Å²) >= 11 is 0. The monoisotopic (exact) mass is 392 g/mol. The van der Waals surface area contributed by atoms with E-state index >= 15 is 0 Å². The minimum Gasteiger partial charge on any atom is -0.361 e. The van der Waals surface area contributed by atoms with E-state index in [-0.39, 0.29) is 16.3 Å². The van der Waals surface area contributed by atoms with Crippen molar-refractivity contribution in [1.82, 2.24) is 9.97 Å². The van der Waals surface area contributed by atoms with E-state index in [2.05, 4.69) is 14.7 Å². The minimum absolute atomic E-state index is 0.203. The average Bonchev–Trinajstić information content (AvgIpc) is 3.16. The zero-order chi connectivity index (χ0) is 19.6. The van der Waals surface area contributed by atoms with Crippen LogP contribution >= 0.6 is 0 Å². The van der Waals surface area contributed by atoms with Gasteiger partial charge in [-0.3, -0.25) is 14.8 Å². The van der Waals surface area contributed by atoms with Crippen LogP contribution in [0.3, 0.4) is 0 Å². The molecule has 0 unspecified atom stereocenters. The number of nitro benzene ring substituents is 1. The van der Waals surface area contributed by atoms with Crippen LogP contribution in [0.1, 0.15) is 12.8 Å². The maximum atomic E-state index is 12.7. The first-order valence-corrected chi connectivity index (χ1v) is 9.83. The van der Waals surface area contributed by atoms with E-state index in [0.717, 1.165) is 32.0 Å². The molecule has 0 aliphatic carbocycles. The number of nitro groups is 1. The summed E-state index contributed by atoms with van der Waals surface area (Å²) in [7, 11) is -0.529. The second kappa shape index (κ2) is 7.35. The third kappa shape index (κ3) is 4.08. The van der Waals surface area contributed by atoms with Gasteiger partial charge >= 0.3 is 0 Å². The average molecular weight is 392 g/mol. The van der Waals surface area contributed by atoms with Gasteiger partial charge in [0.15, 0.2) is 5.82 Å². The number of benzene rings is 1. The lowest BCUT2D eigenvalue weighted by molar-refractivity contribution is -0.385. The molecule has 0 saturated carbocycles. The molecule has 2 aromatic rings. The number of anilines is 3. The van der Waals surface area contributed by atoms with Gasteiger partial charge in [-0.1, -0.05) is 6.07 Å². The summed E-state index contributed by atoms with van der Waals surface area (Å²) in [5, 5.41) is 10.9. The fourth-order valence-electron chi connectivity index (χ4n) is 2.81. The molecule has 27 heavy (non-hydrogen) atoms. The number of nitrogens with zero attached hydrogens (tertiary/aromatic N) is 5. The Kier molecular flexibility index (Phi) is 5.13. The van der Waals surface area contributed by atoms with Gasteiger partial charge in [-0.2, -0.15) is 4.98 Å². The van der Waals surface area contributed by atoms with Gasteiger partial charge in [-0.05, 0) is 18.9 Å². The molecule has 0 amide bonds. The van der Waals surface area contributed by atoms with Crippen molar-refractivity contribution < 1.29 is 13.3 Å². The molecular weight excluding hydrogens is 372 g/mol. The van der Waals surface area contributed by atoms with E-state index in [1.54, 1.807) is 19.0 Å². The van der Waals surface area contributed by atoms with E-state index in [1.807, 2.05) is 4.90 Å². The Morgan fingerprint density at radius 3 is 2.59 bits per heavy atom. The lowest BCUT2D eigenvalue weighted by Gasteiger charge is -2.21. The van der Waals surface area contributed by atoms with Gasteiger partial charge < -0.3 is 9.80 Å². The van der Waals surface area contributed by atoms with Crippen LogP contribution in [0, 0.1) is 10.1 Å². The molecule has 2 heterocycles. The van der Waals surface area contributed by atoms with E-state index in [9.17, 15) is 18.5 Å². The molecular formula is C16H20N6O4S. The molecule has 1 aromatic heterocycles. The molecule has 0 radical (unpaired) electrons. The van der Waals surface area contributed by atoms with Gasteiger partial charge in [0.1, 0.15) is 5.69 Å². The van der Waals surface area contributed by atoms with Crippen molar-refractivity contribution in [2.45, 2.75) is 17.7 Å². The van der Waals surface area contributed by atoms with Crippen molar-refractivity contribution in [1.29, 1.82) is 0 Å². The molecule has 1 N–H and O–H groups in total. The summed E-state index contributed by atoms with van der Waals surface area (Å²) in [5.41, 5.74) is -0.0965. The molecule has 0 bridgehead atoms. The molecule has 1 aromatic carbocycles. The predicted octanol–water partition coefficient (Wildman–Crippen LogP) is 1.85. The highest BCUT2D eigenvalue weighted by Gasteiger charge is 2.22. The van der Waals surface area contributed by atoms with E-state index in [4.69, 9.17) is 0 Å². The largest absolute Gasteiger partial charge is 0.361 e. The number of hydrogen-bond donors (Lipinski definition) is 1. The van der Waals surface area contributed by atoms with Crippen LogP contribution in [-0.2, 0) is 10.0 Å². The Morgan fingerprint density at radius 1 is 1.26 bits per heavy atom.